The standard InChI is InChI=1S/C11H20O5Si2/c1-3-9-17(2,15-16-18(12,13)14)10-11-7-5-4-6-8-11/h4-8,12-14H,3,9-10H2,1-2H3. The highest BCUT2D eigenvalue weighted by Crippen LogP contribution is 2.21. The Morgan fingerprint density at radius 3 is 2.17 bits per heavy atom. The molecule has 0 radical (unpaired) electrons. The van der Waals surface area contributed by atoms with Crippen molar-refractivity contribution < 1.29 is 23.5 Å². The second-order valence-corrected chi connectivity index (χ2v) is 9.84. The fourth-order valence-electron chi connectivity index (χ4n) is 1.87. The highest BCUT2D eigenvalue weighted by molar-refractivity contribution is 6.72. The topological polar surface area (TPSA) is 79.2 Å². The van der Waals surface area contributed by atoms with Crippen LogP contribution >= 0.6 is 0 Å². The Morgan fingerprint density at radius 1 is 1.06 bits per heavy atom. The third kappa shape index (κ3) is 5.87. The lowest BCUT2D eigenvalue weighted by Crippen LogP contribution is -2.46. The van der Waals surface area contributed by atoms with E-state index in [1.807, 2.05) is 43.8 Å². The normalized spacial score (nSPS) is 15.4. The van der Waals surface area contributed by atoms with Gasteiger partial charge in [-0.05, 0) is 24.2 Å². The summed E-state index contributed by atoms with van der Waals surface area (Å²) in [5, 5.41) is 0. The van der Waals surface area contributed by atoms with Gasteiger partial charge in [-0.2, -0.15) is 0 Å². The zero-order valence-corrected chi connectivity index (χ0v) is 12.7. The van der Waals surface area contributed by atoms with Gasteiger partial charge in [-0.1, -0.05) is 43.7 Å². The molecule has 5 nitrogen and oxygen atoms in total. The summed E-state index contributed by atoms with van der Waals surface area (Å²) in [4.78, 5) is 26.5. The molecule has 0 saturated heterocycles. The monoisotopic (exact) mass is 288 g/mol. The highest BCUT2D eigenvalue weighted by atomic mass is 28.4. The molecule has 0 bridgehead atoms. The minimum Gasteiger partial charge on any atom is -0.366 e. The molecule has 0 aliphatic heterocycles. The molecule has 7 heteroatoms. The molecule has 0 spiro atoms. The first-order valence-corrected chi connectivity index (χ1v) is 10.5. The molecule has 0 amide bonds. The third-order valence-corrected chi connectivity index (χ3v) is 6.23. The van der Waals surface area contributed by atoms with Crippen LogP contribution in [-0.4, -0.2) is 31.8 Å². The maximum Gasteiger partial charge on any atom is 0.698 e. The van der Waals surface area contributed by atoms with Crippen LogP contribution in [0, 0.1) is 0 Å². The molecular formula is C11H20O5Si2. The van der Waals surface area contributed by atoms with Crippen molar-refractivity contribution in [1.82, 2.24) is 0 Å². The first-order chi connectivity index (χ1) is 8.35. The molecule has 1 aromatic carbocycles. The minimum atomic E-state index is -4.60. The Hall–Kier alpha value is -0.546. The van der Waals surface area contributed by atoms with Gasteiger partial charge < -0.3 is 14.4 Å². The van der Waals surface area contributed by atoms with Crippen molar-refractivity contribution in [3.8, 4) is 0 Å². The van der Waals surface area contributed by atoms with Gasteiger partial charge in [0.2, 0.25) is 8.32 Å². The van der Waals surface area contributed by atoms with E-state index in [9.17, 15) is 0 Å². The highest BCUT2D eigenvalue weighted by Gasteiger charge is 2.39. The van der Waals surface area contributed by atoms with E-state index in [0.29, 0.717) is 6.04 Å². The van der Waals surface area contributed by atoms with Gasteiger partial charge in [-0.3, -0.25) is 4.58 Å². The van der Waals surface area contributed by atoms with Crippen molar-refractivity contribution in [3.63, 3.8) is 0 Å². The molecule has 1 atom stereocenters. The molecule has 1 aromatic rings. The van der Waals surface area contributed by atoms with Crippen molar-refractivity contribution >= 4 is 17.4 Å². The van der Waals surface area contributed by atoms with E-state index in [2.05, 4.69) is 4.58 Å². The van der Waals surface area contributed by atoms with Crippen molar-refractivity contribution in [2.24, 2.45) is 0 Å². The Bertz CT molecular complexity index is 354. The fourth-order valence-corrected chi connectivity index (χ4v) is 5.60. The average Bonchev–Trinajstić information content (AvgIpc) is 2.27. The van der Waals surface area contributed by atoms with Gasteiger partial charge in [-0.15, -0.1) is 0 Å². The van der Waals surface area contributed by atoms with Gasteiger partial charge in [0.15, 0.2) is 0 Å². The second kappa shape index (κ2) is 6.57. The molecular weight excluding hydrogens is 268 g/mol. The quantitative estimate of drug-likeness (QED) is 0.398. The fraction of sp³-hybridized carbons (Fsp3) is 0.455. The molecule has 0 fully saturated rings. The van der Waals surface area contributed by atoms with Gasteiger partial charge in [0.1, 0.15) is 0 Å². The van der Waals surface area contributed by atoms with Gasteiger partial charge in [-0.25, -0.2) is 4.58 Å². The summed E-state index contributed by atoms with van der Waals surface area (Å²) >= 11 is 0. The molecule has 0 aliphatic carbocycles. The van der Waals surface area contributed by atoms with E-state index in [-0.39, 0.29) is 0 Å². The first-order valence-electron chi connectivity index (χ1n) is 5.92. The molecule has 0 saturated carbocycles. The van der Waals surface area contributed by atoms with Crippen LogP contribution in [0.5, 0.6) is 0 Å². The lowest BCUT2D eigenvalue weighted by molar-refractivity contribution is -0.189. The van der Waals surface area contributed by atoms with Crippen LogP contribution in [0.25, 0.3) is 0 Å². The summed E-state index contributed by atoms with van der Waals surface area (Å²) in [6, 6.07) is 11.3. The zero-order valence-electron chi connectivity index (χ0n) is 10.7. The summed E-state index contributed by atoms with van der Waals surface area (Å²) in [6.07, 6.45) is 0.912. The van der Waals surface area contributed by atoms with Crippen molar-refractivity contribution in [3.05, 3.63) is 35.9 Å². The van der Waals surface area contributed by atoms with Crippen LogP contribution in [0.4, 0.5) is 0 Å². The Kier molecular flexibility index (Phi) is 5.66. The largest absolute Gasteiger partial charge is 0.698 e. The minimum absolute atomic E-state index is 0.701. The van der Waals surface area contributed by atoms with Gasteiger partial charge in [0.05, 0.1) is 0 Å². The SMILES string of the molecule is CCC[Si](C)(Cc1ccccc1)OO[Si](O)(O)O. The lowest BCUT2D eigenvalue weighted by atomic mass is 10.2. The number of hydrogen-bond acceptors (Lipinski definition) is 5. The average molecular weight is 288 g/mol. The molecule has 1 rings (SSSR count). The Labute approximate surface area is 109 Å². The van der Waals surface area contributed by atoms with Crippen molar-refractivity contribution in [1.29, 1.82) is 0 Å². The number of rotatable bonds is 7. The molecule has 18 heavy (non-hydrogen) atoms. The Balaban J connectivity index is 2.68. The molecule has 3 N–H and O–H groups in total. The summed E-state index contributed by atoms with van der Waals surface area (Å²) < 4.78 is 9.58. The van der Waals surface area contributed by atoms with Crippen molar-refractivity contribution in [2.45, 2.75) is 32.0 Å². The second-order valence-electron chi connectivity index (χ2n) is 4.60. The van der Waals surface area contributed by atoms with Crippen LogP contribution < -0.4 is 0 Å². The van der Waals surface area contributed by atoms with Crippen LogP contribution in [-0.2, 0) is 15.2 Å². The van der Waals surface area contributed by atoms with E-state index < -0.39 is 17.4 Å². The molecule has 0 aromatic heterocycles. The number of benzene rings is 1. The predicted octanol–water partition coefficient (Wildman–Crippen LogP) is 1.11. The smallest absolute Gasteiger partial charge is 0.366 e. The van der Waals surface area contributed by atoms with Crippen LogP contribution in [0.2, 0.25) is 12.6 Å². The zero-order chi connectivity index (χ0) is 13.6. The maximum absolute atomic E-state index is 8.84. The molecule has 0 aliphatic rings. The third-order valence-electron chi connectivity index (χ3n) is 2.55. The van der Waals surface area contributed by atoms with Crippen LogP contribution in [0.15, 0.2) is 30.3 Å². The molecule has 1 unspecified atom stereocenters. The van der Waals surface area contributed by atoms with Gasteiger partial charge >= 0.3 is 9.05 Å². The summed E-state index contributed by atoms with van der Waals surface area (Å²) in [7, 11) is -6.87. The Morgan fingerprint density at radius 2 is 1.67 bits per heavy atom. The summed E-state index contributed by atoms with van der Waals surface area (Å²) in [5.74, 6) is 0. The summed E-state index contributed by atoms with van der Waals surface area (Å²) in [6.45, 7) is 3.98. The maximum atomic E-state index is 8.84. The van der Waals surface area contributed by atoms with E-state index in [1.54, 1.807) is 0 Å². The molecule has 0 heterocycles. The van der Waals surface area contributed by atoms with E-state index in [1.165, 1.54) is 0 Å². The summed E-state index contributed by atoms with van der Waals surface area (Å²) in [5.41, 5.74) is 1.12. The van der Waals surface area contributed by atoms with Crippen molar-refractivity contribution in [2.75, 3.05) is 0 Å². The van der Waals surface area contributed by atoms with Gasteiger partial charge in [0, 0.05) is 0 Å². The van der Waals surface area contributed by atoms with Gasteiger partial charge in [0.25, 0.3) is 0 Å². The van der Waals surface area contributed by atoms with Crippen LogP contribution in [0.1, 0.15) is 18.9 Å². The first kappa shape index (κ1) is 15.5. The van der Waals surface area contributed by atoms with E-state index in [0.717, 1.165) is 18.0 Å². The molecule has 102 valence electrons. The lowest BCUT2D eigenvalue weighted by Gasteiger charge is -2.26. The van der Waals surface area contributed by atoms with E-state index in [4.69, 9.17) is 19.0 Å². The predicted molar refractivity (Wildman–Crippen MR) is 71.4 cm³/mol. The van der Waals surface area contributed by atoms with E-state index >= 15 is 0 Å². The number of hydrogen-bond donors (Lipinski definition) is 3. The van der Waals surface area contributed by atoms with Crippen LogP contribution in [0.3, 0.4) is 0 Å².